The third kappa shape index (κ3) is 3.13. The Bertz CT molecular complexity index is 496. The number of hydrogen-bond donors (Lipinski definition) is 2. The normalized spacial score (nSPS) is 18.6. The van der Waals surface area contributed by atoms with Crippen molar-refractivity contribution in [2.75, 3.05) is 5.43 Å². The van der Waals surface area contributed by atoms with Crippen molar-refractivity contribution in [1.29, 1.82) is 0 Å². The third-order valence-electron chi connectivity index (χ3n) is 3.67. The SMILES string of the molecule is CC1(C)CCC(Oc2ncnc(NN)c2[N+](=O)[O-])CC1. The van der Waals surface area contributed by atoms with E-state index in [1.807, 2.05) is 0 Å². The van der Waals surface area contributed by atoms with E-state index in [-0.39, 0.29) is 23.5 Å². The van der Waals surface area contributed by atoms with Crippen LogP contribution in [0.5, 0.6) is 5.88 Å². The number of nitrogen functional groups attached to an aromatic ring is 1. The van der Waals surface area contributed by atoms with Crippen LogP contribution in [0.4, 0.5) is 11.5 Å². The summed E-state index contributed by atoms with van der Waals surface area (Å²) < 4.78 is 5.70. The Hall–Kier alpha value is -1.96. The lowest BCUT2D eigenvalue weighted by Crippen LogP contribution is -2.29. The average molecular weight is 281 g/mol. The fourth-order valence-electron chi connectivity index (χ4n) is 2.37. The number of hydrogen-bond acceptors (Lipinski definition) is 7. The molecule has 1 aromatic rings. The molecule has 8 heteroatoms. The van der Waals surface area contributed by atoms with E-state index in [0.717, 1.165) is 25.7 Å². The van der Waals surface area contributed by atoms with Gasteiger partial charge in [-0.15, -0.1) is 0 Å². The van der Waals surface area contributed by atoms with Crippen LogP contribution in [0.25, 0.3) is 0 Å². The number of rotatable bonds is 4. The maximum atomic E-state index is 11.1. The van der Waals surface area contributed by atoms with Gasteiger partial charge >= 0.3 is 5.69 Å². The standard InChI is InChI=1S/C12H19N5O3/c1-12(2)5-3-8(4-6-12)20-11-9(17(18)19)10(16-13)14-7-15-11/h7-8H,3-6,13H2,1-2H3,(H,14,15,16). The van der Waals surface area contributed by atoms with Gasteiger partial charge in [-0.3, -0.25) is 10.1 Å². The minimum absolute atomic E-state index is 0.0253. The Labute approximate surface area is 116 Å². The van der Waals surface area contributed by atoms with Gasteiger partial charge in [0.2, 0.25) is 5.82 Å². The largest absolute Gasteiger partial charge is 0.469 e. The van der Waals surface area contributed by atoms with Crippen LogP contribution in [0.15, 0.2) is 6.33 Å². The number of anilines is 1. The molecule has 2 rings (SSSR count). The number of nitro groups is 1. The highest BCUT2D eigenvalue weighted by Gasteiger charge is 2.31. The lowest BCUT2D eigenvalue weighted by molar-refractivity contribution is -0.385. The van der Waals surface area contributed by atoms with E-state index < -0.39 is 4.92 Å². The zero-order valence-electron chi connectivity index (χ0n) is 11.6. The highest BCUT2D eigenvalue weighted by atomic mass is 16.6. The zero-order chi connectivity index (χ0) is 14.8. The van der Waals surface area contributed by atoms with Crippen LogP contribution in [0.2, 0.25) is 0 Å². The second kappa shape index (κ2) is 5.58. The molecule has 0 saturated heterocycles. The minimum atomic E-state index is -0.586. The number of ether oxygens (including phenoxy) is 1. The first-order chi connectivity index (χ1) is 9.43. The molecule has 0 aliphatic heterocycles. The Kier molecular flexibility index (Phi) is 4.03. The number of hydrazine groups is 1. The van der Waals surface area contributed by atoms with E-state index in [9.17, 15) is 10.1 Å². The number of nitrogens with one attached hydrogen (secondary N) is 1. The van der Waals surface area contributed by atoms with Crippen LogP contribution >= 0.6 is 0 Å². The molecule has 20 heavy (non-hydrogen) atoms. The van der Waals surface area contributed by atoms with Gasteiger partial charge in [0, 0.05) is 0 Å². The molecule has 1 aliphatic carbocycles. The van der Waals surface area contributed by atoms with Crippen molar-refractivity contribution in [3.05, 3.63) is 16.4 Å². The van der Waals surface area contributed by atoms with Crippen molar-refractivity contribution < 1.29 is 9.66 Å². The van der Waals surface area contributed by atoms with Gasteiger partial charge in [-0.05, 0) is 31.1 Å². The molecule has 0 radical (unpaired) electrons. The lowest BCUT2D eigenvalue weighted by atomic mass is 9.76. The molecular weight excluding hydrogens is 262 g/mol. The summed E-state index contributed by atoms with van der Waals surface area (Å²) in [5.74, 6) is 5.16. The fourth-order valence-corrected chi connectivity index (χ4v) is 2.37. The Morgan fingerprint density at radius 3 is 2.65 bits per heavy atom. The molecule has 1 aromatic heterocycles. The smallest absolute Gasteiger partial charge is 0.374 e. The van der Waals surface area contributed by atoms with Crippen molar-refractivity contribution in [1.82, 2.24) is 9.97 Å². The van der Waals surface area contributed by atoms with Crippen LogP contribution in [0, 0.1) is 15.5 Å². The van der Waals surface area contributed by atoms with Gasteiger partial charge in [-0.2, -0.15) is 4.98 Å². The second-order valence-electron chi connectivity index (χ2n) is 5.76. The van der Waals surface area contributed by atoms with Crippen LogP contribution in [-0.4, -0.2) is 21.0 Å². The van der Waals surface area contributed by atoms with Gasteiger partial charge in [0.1, 0.15) is 12.4 Å². The van der Waals surface area contributed by atoms with Gasteiger partial charge < -0.3 is 10.2 Å². The summed E-state index contributed by atoms with van der Waals surface area (Å²) in [5, 5.41) is 11.1. The molecule has 0 amide bonds. The molecule has 8 nitrogen and oxygen atoms in total. The first kappa shape index (κ1) is 14.4. The van der Waals surface area contributed by atoms with E-state index in [0.29, 0.717) is 5.41 Å². The van der Waals surface area contributed by atoms with E-state index in [1.165, 1.54) is 6.33 Å². The molecule has 0 bridgehead atoms. The third-order valence-corrected chi connectivity index (χ3v) is 3.67. The first-order valence-electron chi connectivity index (χ1n) is 6.55. The van der Waals surface area contributed by atoms with Crippen LogP contribution < -0.4 is 16.0 Å². The summed E-state index contributed by atoms with van der Waals surface area (Å²) in [5.41, 5.74) is 2.18. The quantitative estimate of drug-likeness (QED) is 0.492. The molecule has 1 heterocycles. The van der Waals surface area contributed by atoms with Crippen molar-refractivity contribution in [2.24, 2.45) is 11.3 Å². The number of nitrogens with zero attached hydrogens (tertiary/aromatic N) is 3. The molecule has 110 valence electrons. The predicted molar refractivity (Wildman–Crippen MR) is 73.2 cm³/mol. The van der Waals surface area contributed by atoms with Gasteiger partial charge in [-0.25, -0.2) is 10.8 Å². The Morgan fingerprint density at radius 2 is 2.10 bits per heavy atom. The summed E-state index contributed by atoms with van der Waals surface area (Å²) >= 11 is 0. The van der Waals surface area contributed by atoms with Crippen molar-refractivity contribution in [3.8, 4) is 5.88 Å². The van der Waals surface area contributed by atoms with Gasteiger partial charge in [0.25, 0.3) is 5.88 Å². The maximum absolute atomic E-state index is 11.1. The molecule has 3 N–H and O–H groups in total. The molecule has 0 aromatic carbocycles. The van der Waals surface area contributed by atoms with Gasteiger partial charge in [0.05, 0.1) is 4.92 Å². The molecule has 0 atom stereocenters. The van der Waals surface area contributed by atoms with Crippen molar-refractivity contribution in [2.45, 2.75) is 45.6 Å². The summed E-state index contributed by atoms with van der Waals surface area (Å²) in [6.45, 7) is 4.43. The highest BCUT2D eigenvalue weighted by Crippen LogP contribution is 2.38. The topological polar surface area (TPSA) is 116 Å². The summed E-state index contributed by atoms with van der Waals surface area (Å²) in [7, 11) is 0. The maximum Gasteiger partial charge on any atom is 0.374 e. The van der Waals surface area contributed by atoms with Crippen molar-refractivity contribution >= 4 is 11.5 Å². The number of nitrogens with two attached hydrogens (primary N) is 1. The molecule has 0 unspecified atom stereocenters. The monoisotopic (exact) mass is 281 g/mol. The average Bonchev–Trinajstić information content (AvgIpc) is 2.40. The summed E-state index contributed by atoms with van der Waals surface area (Å²) in [6, 6.07) is 0. The number of aromatic nitrogens is 2. The van der Waals surface area contributed by atoms with E-state index in [1.54, 1.807) is 0 Å². The van der Waals surface area contributed by atoms with Crippen LogP contribution in [0.1, 0.15) is 39.5 Å². The Morgan fingerprint density at radius 1 is 1.45 bits per heavy atom. The molecule has 1 aliphatic rings. The summed E-state index contributed by atoms with van der Waals surface area (Å²) in [6.07, 6.45) is 4.92. The molecule has 0 spiro atoms. The first-order valence-corrected chi connectivity index (χ1v) is 6.55. The fraction of sp³-hybridized carbons (Fsp3) is 0.667. The predicted octanol–water partition coefficient (Wildman–Crippen LogP) is 2.02. The second-order valence-corrected chi connectivity index (χ2v) is 5.76. The van der Waals surface area contributed by atoms with E-state index >= 15 is 0 Å². The molecular formula is C12H19N5O3. The molecule has 1 saturated carbocycles. The van der Waals surface area contributed by atoms with Crippen molar-refractivity contribution in [3.63, 3.8) is 0 Å². The van der Waals surface area contributed by atoms with E-state index in [2.05, 4.69) is 29.2 Å². The van der Waals surface area contributed by atoms with Gasteiger partial charge in [-0.1, -0.05) is 13.8 Å². The summed E-state index contributed by atoms with van der Waals surface area (Å²) in [4.78, 5) is 18.1. The van der Waals surface area contributed by atoms with Crippen LogP contribution in [0.3, 0.4) is 0 Å². The van der Waals surface area contributed by atoms with Crippen LogP contribution in [-0.2, 0) is 0 Å². The Balaban J connectivity index is 2.16. The lowest BCUT2D eigenvalue weighted by Gasteiger charge is -2.33. The van der Waals surface area contributed by atoms with E-state index in [4.69, 9.17) is 10.6 Å². The minimum Gasteiger partial charge on any atom is -0.469 e. The molecule has 1 fully saturated rings. The van der Waals surface area contributed by atoms with Gasteiger partial charge in [0.15, 0.2) is 0 Å². The highest BCUT2D eigenvalue weighted by molar-refractivity contribution is 5.60. The zero-order valence-corrected chi connectivity index (χ0v) is 11.6.